The highest BCUT2D eigenvalue weighted by Gasteiger charge is 1.99. The van der Waals surface area contributed by atoms with Crippen LogP contribution in [0.4, 0.5) is 4.79 Å². The molecule has 0 unspecified atom stereocenters. The van der Waals surface area contributed by atoms with Gasteiger partial charge in [0.2, 0.25) is 0 Å². The first-order valence-corrected chi connectivity index (χ1v) is 10.3. The van der Waals surface area contributed by atoms with Gasteiger partial charge < -0.3 is 14.2 Å². The van der Waals surface area contributed by atoms with Crippen molar-refractivity contribution in [1.82, 2.24) is 0 Å². The average Bonchev–Trinajstić information content (AvgIpc) is 2.64. The number of carbonyl (C=O) groups excluding carboxylic acids is 1. The van der Waals surface area contributed by atoms with Gasteiger partial charge in [-0.05, 0) is 30.7 Å². The summed E-state index contributed by atoms with van der Waals surface area (Å²) in [5, 5.41) is 0. The fourth-order valence-corrected chi connectivity index (χ4v) is 2.77. The molecular formula is C21H33ClO4. The molecule has 0 aliphatic rings. The Morgan fingerprint density at radius 2 is 1.19 bits per heavy atom. The zero-order valence-electron chi connectivity index (χ0n) is 16.0. The largest absolute Gasteiger partial charge is 0.494 e. The van der Waals surface area contributed by atoms with Gasteiger partial charge in [0.1, 0.15) is 24.7 Å². The molecule has 1 aromatic rings. The first-order chi connectivity index (χ1) is 12.7. The van der Waals surface area contributed by atoms with Gasteiger partial charge in [0.25, 0.3) is 0 Å². The topological polar surface area (TPSA) is 44.8 Å². The molecule has 1 aromatic carbocycles. The fourth-order valence-electron chi connectivity index (χ4n) is 2.69. The van der Waals surface area contributed by atoms with Crippen molar-refractivity contribution < 1.29 is 19.0 Å². The summed E-state index contributed by atoms with van der Waals surface area (Å²) in [7, 11) is 0. The Kier molecular flexibility index (Phi) is 13.8. The standard InChI is InChI=1S/C21H33ClO4/c1-2-3-4-5-6-7-8-9-10-11-16-24-19-12-14-20(15-13-19)25-17-18-26-21(22)23/h12-15H,2-11,16-18H2,1H3. The van der Waals surface area contributed by atoms with Crippen molar-refractivity contribution in [2.75, 3.05) is 19.8 Å². The molecule has 0 aromatic heterocycles. The molecule has 0 bridgehead atoms. The lowest BCUT2D eigenvalue weighted by Gasteiger charge is -2.08. The van der Waals surface area contributed by atoms with Gasteiger partial charge in [0, 0.05) is 11.6 Å². The smallest absolute Gasteiger partial charge is 0.403 e. The zero-order valence-corrected chi connectivity index (χ0v) is 16.8. The summed E-state index contributed by atoms with van der Waals surface area (Å²) in [4.78, 5) is 10.4. The third-order valence-corrected chi connectivity index (χ3v) is 4.27. The molecule has 148 valence electrons. The van der Waals surface area contributed by atoms with Gasteiger partial charge in [-0.1, -0.05) is 64.7 Å². The first kappa shape index (κ1) is 22.6. The van der Waals surface area contributed by atoms with E-state index < -0.39 is 5.43 Å². The molecule has 0 amide bonds. The van der Waals surface area contributed by atoms with Crippen molar-refractivity contribution in [3.05, 3.63) is 24.3 Å². The molecule has 0 radical (unpaired) electrons. The average molecular weight is 385 g/mol. The van der Waals surface area contributed by atoms with Crippen LogP contribution >= 0.6 is 11.6 Å². The molecule has 0 aliphatic carbocycles. The lowest BCUT2D eigenvalue weighted by molar-refractivity contribution is 0.147. The molecule has 1 rings (SSSR count). The second-order valence-corrected chi connectivity index (χ2v) is 6.75. The third kappa shape index (κ3) is 12.9. The van der Waals surface area contributed by atoms with E-state index in [0.29, 0.717) is 5.75 Å². The van der Waals surface area contributed by atoms with Gasteiger partial charge in [0.05, 0.1) is 6.61 Å². The summed E-state index contributed by atoms with van der Waals surface area (Å²) >= 11 is 5.07. The van der Waals surface area contributed by atoms with E-state index in [9.17, 15) is 4.79 Å². The zero-order chi connectivity index (χ0) is 18.9. The van der Waals surface area contributed by atoms with Crippen molar-refractivity contribution >= 4 is 17.0 Å². The number of hydrogen-bond donors (Lipinski definition) is 0. The summed E-state index contributed by atoms with van der Waals surface area (Å²) in [5.74, 6) is 1.56. The number of carbonyl (C=O) groups is 1. The molecule has 0 atom stereocenters. The van der Waals surface area contributed by atoms with Crippen LogP contribution < -0.4 is 9.47 Å². The van der Waals surface area contributed by atoms with Crippen molar-refractivity contribution in [2.45, 2.75) is 71.1 Å². The van der Waals surface area contributed by atoms with Crippen molar-refractivity contribution in [1.29, 1.82) is 0 Å². The number of unbranched alkanes of at least 4 members (excludes halogenated alkanes) is 9. The Hall–Kier alpha value is -1.42. The monoisotopic (exact) mass is 384 g/mol. The maximum absolute atomic E-state index is 10.4. The fraction of sp³-hybridized carbons (Fsp3) is 0.667. The lowest BCUT2D eigenvalue weighted by atomic mass is 10.1. The third-order valence-electron chi connectivity index (χ3n) is 4.16. The minimum atomic E-state index is -0.815. The Bertz CT molecular complexity index is 462. The molecule has 0 heterocycles. The molecule has 0 saturated carbocycles. The second-order valence-electron chi connectivity index (χ2n) is 6.44. The van der Waals surface area contributed by atoms with Crippen molar-refractivity contribution in [3.8, 4) is 11.5 Å². The lowest BCUT2D eigenvalue weighted by Crippen LogP contribution is -2.07. The van der Waals surface area contributed by atoms with Crippen LogP contribution in [-0.4, -0.2) is 25.2 Å². The van der Waals surface area contributed by atoms with E-state index in [0.717, 1.165) is 18.8 Å². The van der Waals surface area contributed by atoms with Crippen LogP contribution in [0.25, 0.3) is 0 Å². The quantitative estimate of drug-likeness (QED) is 0.234. The van der Waals surface area contributed by atoms with Crippen LogP contribution in [-0.2, 0) is 4.74 Å². The number of ether oxygens (including phenoxy) is 3. The molecule has 0 N–H and O–H groups in total. The van der Waals surface area contributed by atoms with Gasteiger partial charge in [-0.2, -0.15) is 0 Å². The highest BCUT2D eigenvalue weighted by molar-refractivity contribution is 6.61. The van der Waals surface area contributed by atoms with Crippen LogP contribution in [0.2, 0.25) is 0 Å². The van der Waals surface area contributed by atoms with Crippen molar-refractivity contribution in [3.63, 3.8) is 0 Å². The van der Waals surface area contributed by atoms with Gasteiger partial charge in [0.15, 0.2) is 0 Å². The summed E-state index contributed by atoms with van der Waals surface area (Å²) in [6, 6.07) is 7.46. The van der Waals surface area contributed by atoms with Crippen LogP contribution in [0.1, 0.15) is 71.1 Å². The maximum Gasteiger partial charge on any atom is 0.403 e. The molecule has 0 spiro atoms. The van der Waals surface area contributed by atoms with Crippen LogP contribution in [0.3, 0.4) is 0 Å². The molecule has 0 fully saturated rings. The molecular weight excluding hydrogens is 352 g/mol. The number of rotatable bonds is 16. The Balaban J connectivity index is 1.96. The Labute approximate surface area is 163 Å². The van der Waals surface area contributed by atoms with E-state index in [2.05, 4.69) is 11.7 Å². The summed E-state index contributed by atoms with van der Waals surface area (Å²) in [6.45, 7) is 3.42. The molecule has 0 saturated heterocycles. The van der Waals surface area contributed by atoms with Crippen LogP contribution in [0.15, 0.2) is 24.3 Å². The highest BCUT2D eigenvalue weighted by Crippen LogP contribution is 2.18. The summed E-state index contributed by atoms with van der Waals surface area (Å²) < 4.78 is 15.8. The van der Waals surface area contributed by atoms with E-state index in [1.165, 1.54) is 57.8 Å². The van der Waals surface area contributed by atoms with Crippen LogP contribution in [0.5, 0.6) is 11.5 Å². The normalized spacial score (nSPS) is 10.5. The first-order valence-electron chi connectivity index (χ1n) is 9.90. The van der Waals surface area contributed by atoms with E-state index >= 15 is 0 Å². The number of halogens is 1. The predicted octanol–water partition coefficient (Wildman–Crippen LogP) is 6.74. The van der Waals surface area contributed by atoms with Crippen molar-refractivity contribution in [2.24, 2.45) is 0 Å². The summed E-state index contributed by atoms with van der Waals surface area (Å²) in [5.41, 5.74) is -0.815. The minimum Gasteiger partial charge on any atom is -0.494 e. The Morgan fingerprint density at radius 3 is 1.69 bits per heavy atom. The van der Waals surface area contributed by atoms with Gasteiger partial charge >= 0.3 is 5.43 Å². The van der Waals surface area contributed by atoms with E-state index in [-0.39, 0.29) is 13.2 Å². The van der Waals surface area contributed by atoms with E-state index in [1.54, 1.807) is 0 Å². The maximum atomic E-state index is 10.4. The van der Waals surface area contributed by atoms with E-state index in [1.807, 2.05) is 24.3 Å². The van der Waals surface area contributed by atoms with Gasteiger partial charge in [-0.3, -0.25) is 0 Å². The van der Waals surface area contributed by atoms with Gasteiger partial charge in [-0.15, -0.1) is 0 Å². The molecule has 0 aliphatic heterocycles. The summed E-state index contributed by atoms with van der Waals surface area (Å²) in [6.07, 6.45) is 13.2. The van der Waals surface area contributed by atoms with Gasteiger partial charge in [-0.25, -0.2) is 4.79 Å². The SMILES string of the molecule is CCCCCCCCCCCCOc1ccc(OCCOC(=O)Cl)cc1. The molecule has 26 heavy (non-hydrogen) atoms. The molecule has 5 heteroatoms. The number of hydrogen-bond acceptors (Lipinski definition) is 4. The second kappa shape index (κ2) is 15.8. The predicted molar refractivity (Wildman–Crippen MR) is 106 cm³/mol. The Morgan fingerprint density at radius 1 is 0.731 bits per heavy atom. The number of benzene rings is 1. The minimum absolute atomic E-state index is 0.138. The highest BCUT2D eigenvalue weighted by atomic mass is 35.5. The van der Waals surface area contributed by atoms with E-state index in [4.69, 9.17) is 21.1 Å². The molecule has 4 nitrogen and oxygen atoms in total. The van der Waals surface area contributed by atoms with Crippen LogP contribution in [0, 0.1) is 0 Å².